The summed E-state index contributed by atoms with van der Waals surface area (Å²) in [6, 6.07) is 0. The number of aromatic nitrogens is 1. The van der Waals surface area contributed by atoms with E-state index in [-0.39, 0.29) is 36.9 Å². The predicted octanol–water partition coefficient (Wildman–Crippen LogP) is 3.71. The van der Waals surface area contributed by atoms with Crippen LogP contribution in [0.25, 0.3) is 0 Å². The molecule has 3 nitrogen and oxygen atoms in total. The van der Waals surface area contributed by atoms with Crippen molar-refractivity contribution < 1.29 is 8.42 Å². The Kier molecular flexibility index (Phi) is 4.99. The van der Waals surface area contributed by atoms with Crippen molar-refractivity contribution in [3.63, 3.8) is 0 Å². The molecule has 1 rings (SSSR count). The number of pyridine rings is 1. The van der Waals surface area contributed by atoms with E-state index in [1.165, 1.54) is 0 Å². The first-order valence-electron chi connectivity index (χ1n) is 3.80. The first kappa shape index (κ1) is 14.6. The third-order valence-corrected chi connectivity index (χ3v) is 5.50. The van der Waals surface area contributed by atoms with E-state index in [4.69, 9.17) is 58.0 Å². The second kappa shape index (κ2) is 5.46. The Labute approximate surface area is 118 Å². The summed E-state index contributed by atoms with van der Waals surface area (Å²) in [5.74, 6) is -0.406. The summed E-state index contributed by atoms with van der Waals surface area (Å²) in [5.41, 5.74) is 0. The number of nitrogens with zero attached hydrogens (tertiary/aromatic N) is 1. The van der Waals surface area contributed by atoms with Crippen molar-refractivity contribution in [3.8, 4) is 0 Å². The van der Waals surface area contributed by atoms with Gasteiger partial charge in [-0.25, -0.2) is 13.4 Å². The Bertz CT molecular complexity index is 490. The molecule has 0 atom stereocenters. The minimum atomic E-state index is -3.72. The third kappa shape index (κ3) is 2.86. The van der Waals surface area contributed by atoms with Crippen LogP contribution >= 0.6 is 58.0 Å². The van der Waals surface area contributed by atoms with Crippen molar-refractivity contribution in [2.24, 2.45) is 0 Å². The van der Waals surface area contributed by atoms with Crippen molar-refractivity contribution >= 4 is 67.8 Å². The summed E-state index contributed by atoms with van der Waals surface area (Å²) in [4.78, 5) is 3.24. The molecule has 1 heterocycles. The highest BCUT2D eigenvalue weighted by Crippen LogP contribution is 2.38. The molecule has 0 saturated carbocycles. The second-order valence-electron chi connectivity index (χ2n) is 2.66. The van der Waals surface area contributed by atoms with Gasteiger partial charge in [-0.3, -0.25) is 0 Å². The number of hydrogen-bond acceptors (Lipinski definition) is 3. The Hall–Kier alpha value is 0.550. The lowest BCUT2D eigenvalue weighted by molar-refractivity contribution is 0.597. The van der Waals surface area contributed by atoms with Gasteiger partial charge in [0.1, 0.15) is 4.90 Å². The summed E-state index contributed by atoms with van der Waals surface area (Å²) >= 11 is 28.1. The van der Waals surface area contributed by atoms with Crippen molar-refractivity contribution in [1.82, 2.24) is 4.98 Å². The molecule has 0 bridgehead atoms. The Morgan fingerprint density at radius 1 is 1.00 bits per heavy atom. The van der Waals surface area contributed by atoms with E-state index in [0.717, 1.165) is 0 Å². The topological polar surface area (TPSA) is 47.0 Å². The van der Waals surface area contributed by atoms with Gasteiger partial charge in [0.25, 0.3) is 0 Å². The predicted molar refractivity (Wildman–Crippen MR) is 67.0 cm³/mol. The van der Waals surface area contributed by atoms with Crippen LogP contribution < -0.4 is 0 Å². The Balaban J connectivity index is 3.56. The number of alkyl halides is 1. The quantitative estimate of drug-likeness (QED) is 0.621. The standard InChI is InChI=1S/C7H4Cl5NO2S/c8-1-2-16(14,15)5-3(9)6(11)13-7(12)4(5)10/h1-2H2. The Morgan fingerprint density at radius 3 is 1.81 bits per heavy atom. The minimum Gasteiger partial charge on any atom is -0.224 e. The van der Waals surface area contributed by atoms with Crippen molar-refractivity contribution in [2.45, 2.75) is 4.90 Å². The monoisotopic (exact) mass is 341 g/mol. The van der Waals surface area contributed by atoms with Crippen molar-refractivity contribution in [3.05, 3.63) is 20.4 Å². The summed E-state index contributed by atoms with van der Waals surface area (Å²) in [6.07, 6.45) is 0. The molecule has 9 heteroatoms. The zero-order valence-corrected chi connectivity index (χ0v) is 12.1. The van der Waals surface area contributed by atoms with E-state index in [9.17, 15) is 8.42 Å². The fraction of sp³-hybridized carbons (Fsp3) is 0.286. The molecule has 0 aliphatic carbocycles. The van der Waals surface area contributed by atoms with Crippen LogP contribution in [-0.4, -0.2) is 25.0 Å². The maximum absolute atomic E-state index is 11.8. The van der Waals surface area contributed by atoms with Crippen LogP contribution in [0.4, 0.5) is 0 Å². The van der Waals surface area contributed by atoms with Crippen LogP contribution in [0, 0.1) is 0 Å². The Morgan fingerprint density at radius 2 is 1.44 bits per heavy atom. The molecule has 90 valence electrons. The van der Waals surface area contributed by atoms with Crippen LogP contribution in [0.5, 0.6) is 0 Å². The van der Waals surface area contributed by atoms with Gasteiger partial charge in [0.2, 0.25) is 0 Å². The molecule has 0 aliphatic rings. The molecular formula is C7H4Cl5NO2S. The summed E-state index contributed by atoms with van der Waals surface area (Å²) in [5, 5.41) is -0.934. The average Bonchev–Trinajstić information content (AvgIpc) is 2.14. The summed E-state index contributed by atoms with van der Waals surface area (Å²) in [6.45, 7) is 0. The van der Waals surface area contributed by atoms with Gasteiger partial charge in [-0.15, -0.1) is 11.6 Å². The van der Waals surface area contributed by atoms with E-state index in [0.29, 0.717) is 0 Å². The maximum Gasteiger partial charge on any atom is 0.182 e. The van der Waals surface area contributed by atoms with E-state index >= 15 is 0 Å². The van der Waals surface area contributed by atoms with Crippen LogP contribution in [-0.2, 0) is 9.84 Å². The highest BCUT2D eigenvalue weighted by Gasteiger charge is 2.26. The highest BCUT2D eigenvalue weighted by atomic mass is 35.5. The van der Waals surface area contributed by atoms with Crippen molar-refractivity contribution in [2.75, 3.05) is 11.6 Å². The van der Waals surface area contributed by atoms with E-state index in [2.05, 4.69) is 4.98 Å². The van der Waals surface area contributed by atoms with E-state index in [1.54, 1.807) is 0 Å². The van der Waals surface area contributed by atoms with E-state index < -0.39 is 9.84 Å². The zero-order valence-electron chi connectivity index (χ0n) is 7.48. The van der Waals surface area contributed by atoms with E-state index in [1.807, 2.05) is 0 Å². The van der Waals surface area contributed by atoms with Gasteiger partial charge in [-0.2, -0.15) is 0 Å². The molecule has 1 aromatic rings. The molecule has 0 unspecified atom stereocenters. The second-order valence-corrected chi connectivity index (χ2v) is 6.55. The molecule has 0 fully saturated rings. The molecule has 0 spiro atoms. The van der Waals surface area contributed by atoms with Gasteiger partial charge in [0.05, 0.1) is 15.8 Å². The lowest BCUT2D eigenvalue weighted by atomic mass is 10.5. The fourth-order valence-corrected chi connectivity index (χ4v) is 4.24. The van der Waals surface area contributed by atoms with Crippen LogP contribution in [0.2, 0.25) is 20.4 Å². The molecule has 0 radical (unpaired) electrons. The van der Waals surface area contributed by atoms with Gasteiger partial charge in [-0.1, -0.05) is 46.4 Å². The van der Waals surface area contributed by atoms with Gasteiger partial charge >= 0.3 is 0 Å². The molecular weight excluding hydrogens is 339 g/mol. The molecule has 0 amide bonds. The summed E-state index contributed by atoms with van der Waals surface area (Å²) < 4.78 is 23.6. The van der Waals surface area contributed by atoms with Crippen LogP contribution in [0.15, 0.2) is 4.90 Å². The molecule has 1 aromatic heterocycles. The SMILES string of the molecule is O=S(=O)(CCCl)c1c(Cl)c(Cl)nc(Cl)c1Cl. The minimum absolute atomic E-state index is 0.0907. The van der Waals surface area contributed by atoms with Crippen LogP contribution in [0.3, 0.4) is 0 Å². The molecule has 0 N–H and O–H groups in total. The van der Waals surface area contributed by atoms with Gasteiger partial charge in [-0.05, 0) is 0 Å². The molecule has 16 heavy (non-hydrogen) atoms. The maximum atomic E-state index is 11.8. The van der Waals surface area contributed by atoms with Gasteiger partial charge < -0.3 is 0 Å². The smallest absolute Gasteiger partial charge is 0.182 e. The number of halogens is 5. The van der Waals surface area contributed by atoms with Crippen molar-refractivity contribution in [1.29, 1.82) is 0 Å². The molecule has 0 saturated heterocycles. The zero-order chi connectivity index (χ0) is 12.5. The lowest BCUT2D eigenvalue weighted by Crippen LogP contribution is -2.10. The highest BCUT2D eigenvalue weighted by molar-refractivity contribution is 7.91. The first-order chi connectivity index (χ1) is 7.31. The lowest BCUT2D eigenvalue weighted by Gasteiger charge is -2.09. The van der Waals surface area contributed by atoms with Gasteiger partial charge in [0.15, 0.2) is 20.1 Å². The van der Waals surface area contributed by atoms with Crippen LogP contribution in [0.1, 0.15) is 0 Å². The normalized spacial score (nSPS) is 11.8. The first-order valence-corrected chi connectivity index (χ1v) is 7.50. The summed E-state index contributed by atoms with van der Waals surface area (Å²) in [7, 11) is -3.72. The number of rotatable bonds is 3. The largest absolute Gasteiger partial charge is 0.224 e. The molecule has 0 aromatic carbocycles. The average molecular weight is 343 g/mol. The molecule has 0 aliphatic heterocycles. The van der Waals surface area contributed by atoms with Gasteiger partial charge in [0, 0.05) is 5.88 Å². The number of hydrogen-bond donors (Lipinski definition) is 0. The fourth-order valence-electron chi connectivity index (χ4n) is 0.945. The third-order valence-electron chi connectivity index (χ3n) is 1.61. The number of sulfone groups is 1.